The van der Waals surface area contributed by atoms with Crippen LogP contribution >= 0.6 is 0 Å². The van der Waals surface area contributed by atoms with Crippen molar-refractivity contribution in [3.8, 4) is 0 Å². The first-order valence-electron chi connectivity index (χ1n) is 13.7. The molecule has 1 amide bonds. The fraction of sp³-hybridized carbons (Fsp3) is 0.962. The van der Waals surface area contributed by atoms with Gasteiger partial charge in [-0.25, -0.2) is 14.6 Å². The first-order chi connectivity index (χ1) is 16.7. The number of carbonyl (C=O) groups excluding carboxylic acids is 1. The van der Waals surface area contributed by atoms with E-state index >= 15 is 0 Å². The molecule has 5 saturated heterocycles. The summed E-state index contributed by atoms with van der Waals surface area (Å²) < 4.78 is 24.6. The van der Waals surface area contributed by atoms with Crippen LogP contribution in [0.3, 0.4) is 0 Å². The van der Waals surface area contributed by atoms with Crippen LogP contribution in [0.15, 0.2) is 0 Å². The number of fused-ring (bicyclic) bond motifs is 2. The number of piperazine rings is 1. The molecular formula is C26H44N2O7. The van der Waals surface area contributed by atoms with Gasteiger partial charge in [-0.15, -0.1) is 0 Å². The van der Waals surface area contributed by atoms with Gasteiger partial charge in [-0.05, 0) is 43.9 Å². The van der Waals surface area contributed by atoms with Gasteiger partial charge in [-0.1, -0.05) is 27.7 Å². The normalized spacial score (nSPS) is 43.7. The van der Waals surface area contributed by atoms with Gasteiger partial charge in [0.15, 0.2) is 18.2 Å². The zero-order chi connectivity index (χ0) is 24.8. The summed E-state index contributed by atoms with van der Waals surface area (Å²) in [7, 11) is 0. The molecule has 6 fully saturated rings. The second-order valence-corrected chi connectivity index (χ2v) is 11.9. The molecule has 1 spiro atoms. The Hall–Kier alpha value is -0.970. The predicted octanol–water partition coefficient (Wildman–Crippen LogP) is 3.62. The third kappa shape index (κ3) is 4.84. The third-order valence-corrected chi connectivity index (χ3v) is 8.96. The van der Waals surface area contributed by atoms with Gasteiger partial charge >= 0.3 is 6.09 Å². The van der Waals surface area contributed by atoms with E-state index in [0.29, 0.717) is 44.1 Å². The van der Waals surface area contributed by atoms with Crippen LogP contribution in [0.25, 0.3) is 0 Å². The first kappa shape index (κ1) is 25.7. The van der Waals surface area contributed by atoms with Gasteiger partial charge in [0.25, 0.3) is 0 Å². The highest BCUT2D eigenvalue weighted by Crippen LogP contribution is 2.60. The first-order valence-corrected chi connectivity index (χ1v) is 13.7. The summed E-state index contributed by atoms with van der Waals surface area (Å²) in [6, 6.07) is 0. The minimum atomic E-state index is -0.765. The van der Waals surface area contributed by atoms with Crippen molar-refractivity contribution in [3.05, 3.63) is 0 Å². The van der Waals surface area contributed by atoms with E-state index in [9.17, 15) is 4.79 Å². The molecule has 6 aliphatic rings. The Labute approximate surface area is 209 Å². The SMILES string of the molecule is CC(C)COC(=O)N1CCN(CCOC2OC3OC4(C)CCC5C(C)CCC(C2C)C35OO4)CC1. The van der Waals surface area contributed by atoms with Crippen molar-refractivity contribution in [2.24, 2.45) is 29.6 Å². The Kier molecular flexibility index (Phi) is 7.38. The van der Waals surface area contributed by atoms with Crippen LogP contribution in [0.1, 0.15) is 60.3 Å². The molecule has 2 bridgehead atoms. The van der Waals surface area contributed by atoms with Crippen LogP contribution < -0.4 is 0 Å². The zero-order valence-electron chi connectivity index (χ0n) is 22.1. The van der Waals surface area contributed by atoms with Crippen molar-refractivity contribution >= 4 is 6.09 Å². The molecule has 0 aromatic heterocycles. The predicted molar refractivity (Wildman–Crippen MR) is 127 cm³/mol. The molecule has 1 aliphatic carbocycles. The Morgan fingerprint density at radius 2 is 1.83 bits per heavy atom. The maximum absolute atomic E-state index is 12.2. The van der Waals surface area contributed by atoms with Crippen molar-refractivity contribution in [2.75, 3.05) is 45.9 Å². The van der Waals surface area contributed by atoms with E-state index in [1.54, 1.807) is 4.90 Å². The second-order valence-electron chi connectivity index (χ2n) is 11.9. The highest BCUT2D eigenvalue weighted by molar-refractivity contribution is 5.67. The van der Waals surface area contributed by atoms with Gasteiger partial charge in [0.1, 0.15) is 0 Å². The molecule has 5 aliphatic heterocycles. The number of rotatable bonds is 6. The van der Waals surface area contributed by atoms with E-state index in [1.807, 2.05) is 20.8 Å². The smallest absolute Gasteiger partial charge is 0.409 e. The van der Waals surface area contributed by atoms with Crippen molar-refractivity contribution < 1.29 is 33.5 Å². The molecule has 35 heavy (non-hydrogen) atoms. The van der Waals surface area contributed by atoms with Crippen LogP contribution in [0.5, 0.6) is 0 Å². The van der Waals surface area contributed by atoms with Gasteiger partial charge < -0.3 is 23.8 Å². The number of ether oxygens (including phenoxy) is 4. The molecule has 0 N–H and O–H groups in total. The summed E-state index contributed by atoms with van der Waals surface area (Å²) in [6.45, 7) is 15.4. The van der Waals surface area contributed by atoms with Gasteiger partial charge in [-0.3, -0.25) is 4.90 Å². The molecule has 6 rings (SSSR count). The summed E-state index contributed by atoms with van der Waals surface area (Å²) in [5, 5.41) is 0. The van der Waals surface area contributed by atoms with Gasteiger partial charge in [0, 0.05) is 51.0 Å². The Morgan fingerprint density at radius 1 is 1.06 bits per heavy atom. The maximum atomic E-state index is 12.2. The molecule has 1 saturated carbocycles. The summed E-state index contributed by atoms with van der Waals surface area (Å²) in [5.74, 6) is 0.955. The van der Waals surface area contributed by atoms with Crippen LogP contribution in [-0.4, -0.2) is 85.8 Å². The Balaban J connectivity index is 1.14. The lowest BCUT2D eigenvalue weighted by Crippen LogP contribution is -2.70. The molecule has 0 aromatic carbocycles. The minimum absolute atomic E-state index is 0.184. The molecule has 9 nitrogen and oxygen atoms in total. The van der Waals surface area contributed by atoms with Gasteiger partial charge in [-0.2, -0.15) is 0 Å². The van der Waals surface area contributed by atoms with Crippen molar-refractivity contribution in [1.29, 1.82) is 0 Å². The van der Waals surface area contributed by atoms with E-state index in [2.05, 4.69) is 18.7 Å². The lowest BCUT2D eigenvalue weighted by molar-refractivity contribution is -0.577. The van der Waals surface area contributed by atoms with Crippen LogP contribution in [-0.2, 0) is 28.7 Å². The van der Waals surface area contributed by atoms with Gasteiger partial charge in [0.05, 0.1) is 13.2 Å². The largest absolute Gasteiger partial charge is 0.449 e. The van der Waals surface area contributed by atoms with Crippen molar-refractivity contribution in [1.82, 2.24) is 9.80 Å². The Bertz CT molecular complexity index is 760. The summed E-state index contributed by atoms with van der Waals surface area (Å²) >= 11 is 0. The average Bonchev–Trinajstić information content (AvgIpc) is 3.07. The van der Waals surface area contributed by atoms with E-state index in [4.69, 9.17) is 28.7 Å². The van der Waals surface area contributed by atoms with Gasteiger partial charge in [0.2, 0.25) is 5.79 Å². The average molecular weight is 497 g/mol. The summed E-state index contributed by atoms with van der Waals surface area (Å²) in [4.78, 5) is 28.4. The maximum Gasteiger partial charge on any atom is 0.409 e. The van der Waals surface area contributed by atoms with Crippen LogP contribution in [0.4, 0.5) is 4.79 Å². The monoisotopic (exact) mass is 496 g/mol. The molecule has 8 unspecified atom stereocenters. The molecule has 9 heteroatoms. The lowest BCUT2D eigenvalue weighted by atomic mass is 9.58. The summed E-state index contributed by atoms with van der Waals surface area (Å²) in [6.07, 6.45) is 3.09. The summed E-state index contributed by atoms with van der Waals surface area (Å²) in [5.41, 5.74) is -0.548. The molecule has 5 heterocycles. The van der Waals surface area contributed by atoms with E-state index in [0.717, 1.165) is 38.9 Å². The quantitative estimate of drug-likeness (QED) is 0.516. The molecule has 0 radical (unpaired) electrons. The molecule has 0 aromatic rings. The standard InChI is InChI=1S/C26H44N2O7/c1-17(2)16-31-24(29)28-12-10-27(11-13-28)14-15-30-22-19(4)21-7-6-18(3)20-8-9-25(5)33-23(32-22)26(20,21)35-34-25/h17-23H,6-16H2,1-5H3. The number of carbonyl (C=O) groups is 1. The second kappa shape index (κ2) is 10.1. The van der Waals surface area contributed by atoms with Crippen molar-refractivity contribution in [2.45, 2.75) is 84.3 Å². The van der Waals surface area contributed by atoms with Crippen molar-refractivity contribution in [3.63, 3.8) is 0 Å². The van der Waals surface area contributed by atoms with Crippen LogP contribution in [0.2, 0.25) is 0 Å². The fourth-order valence-electron chi connectivity index (χ4n) is 6.84. The number of nitrogens with zero attached hydrogens (tertiary/aromatic N) is 2. The van der Waals surface area contributed by atoms with E-state index in [1.165, 1.54) is 6.42 Å². The fourth-order valence-corrected chi connectivity index (χ4v) is 6.84. The number of hydrogen-bond acceptors (Lipinski definition) is 8. The van der Waals surface area contributed by atoms with E-state index < -0.39 is 17.7 Å². The molecular weight excluding hydrogens is 452 g/mol. The molecule has 8 atom stereocenters. The zero-order valence-corrected chi connectivity index (χ0v) is 22.1. The highest BCUT2D eigenvalue weighted by Gasteiger charge is 2.69. The highest BCUT2D eigenvalue weighted by atomic mass is 17.3. The number of amides is 1. The van der Waals surface area contributed by atoms with Crippen LogP contribution in [0, 0.1) is 29.6 Å². The van der Waals surface area contributed by atoms with E-state index in [-0.39, 0.29) is 24.2 Å². The Morgan fingerprint density at radius 3 is 2.57 bits per heavy atom. The third-order valence-electron chi connectivity index (χ3n) is 8.96. The lowest BCUT2D eigenvalue weighted by Gasteiger charge is -2.60. The minimum Gasteiger partial charge on any atom is -0.449 e. The topological polar surface area (TPSA) is 78.9 Å². The molecule has 200 valence electrons. The number of hydrogen-bond donors (Lipinski definition) is 0.